The zero-order valence-corrected chi connectivity index (χ0v) is 15.1. The van der Waals surface area contributed by atoms with E-state index in [9.17, 15) is 28.8 Å². The van der Waals surface area contributed by atoms with Crippen molar-refractivity contribution in [1.29, 1.82) is 0 Å². The minimum Gasteiger partial charge on any atom is -0.481 e. The Morgan fingerprint density at radius 1 is 0.786 bits per heavy atom. The highest BCUT2D eigenvalue weighted by Crippen LogP contribution is 2.01. The van der Waals surface area contributed by atoms with Gasteiger partial charge in [-0.25, -0.2) is 4.79 Å². The lowest BCUT2D eigenvalue weighted by molar-refractivity contribution is -0.143. The molecule has 0 fully saturated rings. The summed E-state index contributed by atoms with van der Waals surface area (Å²) in [5.41, 5.74) is 5.14. The molecule has 0 saturated heterocycles. The van der Waals surface area contributed by atoms with Crippen LogP contribution >= 0.6 is 0 Å². The Morgan fingerprint density at radius 2 is 1.29 bits per heavy atom. The fraction of sp³-hybridized carbons (Fsp3) is 0.600. The molecule has 0 saturated carbocycles. The molecule has 0 aliphatic rings. The van der Waals surface area contributed by atoms with Gasteiger partial charge in [0.05, 0.1) is 6.54 Å². The van der Waals surface area contributed by atoms with E-state index in [1.54, 1.807) is 0 Å². The van der Waals surface area contributed by atoms with E-state index in [2.05, 4.69) is 16.0 Å². The van der Waals surface area contributed by atoms with Crippen LogP contribution in [0.4, 0.5) is 0 Å². The van der Waals surface area contributed by atoms with Crippen molar-refractivity contribution < 1.29 is 44.1 Å². The van der Waals surface area contributed by atoms with Gasteiger partial charge in [-0.15, -0.1) is 0 Å². The van der Waals surface area contributed by atoms with Crippen LogP contribution in [-0.2, 0) is 28.8 Å². The topological polar surface area (TPSA) is 225 Å². The molecule has 0 aliphatic carbocycles. The second kappa shape index (κ2) is 12.2. The van der Waals surface area contributed by atoms with Crippen LogP contribution in [0, 0.1) is 0 Å². The van der Waals surface area contributed by atoms with Gasteiger partial charge < -0.3 is 37.0 Å². The van der Waals surface area contributed by atoms with Gasteiger partial charge in [-0.1, -0.05) is 0 Å². The third-order valence-electron chi connectivity index (χ3n) is 3.50. The number of carboxylic acid groups (broad SMARTS) is 3. The Labute approximate surface area is 159 Å². The summed E-state index contributed by atoms with van der Waals surface area (Å²) in [6, 6.07) is -3.96. The van der Waals surface area contributed by atoms with E-state index in [0.717, 1.165) is 0 Å². The predicted octanol–water partition coefficient (Wildman–Crippen LogP) is -2.77. The molecular weight excluding hydrogens is 380 g/mol. The summed E-state index contributed by atoms with van der Waals surface area (Å²) in [6.07, 6.45) is -1.53. The predicted molar refractivity (Wildman–Crippen MR) is 91.9 cm³/mol. The summed E-state index contributed by atoms with van der Waals surface area (Å²) >= 11 is 0. The summed E-state index contributed by atoms with van der Waals surface area (Å²) in [4.78, 5) is 68.0. The largest absolute Gasteiger partial charge is 0.481 e. The molecule has 0 radical (unpaired) electrons. The highest BCUT2D eigenvalue weighted by molar-refractivity contribution is 5.93. The molecule has 13 nitrogen and oxygen atoms in total. The third-order valence-corrected chi connectivity index (χ3v) is 3.50. The maximum atomic E-state index is 12.2. The van der Waals surface area contributed by atoms with Gasteiger partial charge in [-0.05, 0) is 19.8 Å². The van der Waals surface area contributed by atoms with Gasteiger partial charge in [0.2, 0.25) is 17.7 Å². The molecule has 0 aromatic carbocycles. The monoisotopic (exact) mass is 404 g/mol. The minimum absolute atomic E-state index is 0.252. The zero-order chi connectivity index (χ0) is 21.9. The molecule has 0 aromatic heterocycles. The Hall–Kier alpha value is -3.22. The fourth-order valence-corrected chi connectivity index (χ4v) is 1.99. The number of amides is 3. The first kappa shape index (κ1) is 24.8. The summed E-state index contributed by atoms with van der Waals surface area (Å²) in [7, 11) is 0. The Kier molecular flexibility index (Phi) is 10.8. The van der Waals surface area contributed by atoms with Gasteiger partial charge in [0, 0.05) is 12.8 Å². The maximum Gasteiger partial charge on any atom is 0.326 e. The number of aliphatic carboxylic acids is 3. The smallest absolute Gasteiger partial charge is 0.326 e. The number of carbonyl (C=O) groups is 6. The van der Waals surface area contributed by atoms with E-state index >= 15 is 0 Å². The molecule has 0 aliphatic heterocycles. The Bertz CT molecular complexity index is 623. The molecule has 0 spiro atoms. The van der Waals surface area contributed by atoms with Crippen molar-refractivity contribution in [1.82, 2.24) is 16.0 Å². The van der Waals surface area contributed by atoms with Gasteiger partial charge in [0.15, 0.2) is 0 Å². The highest BCUT2D eigenvalue weighted by atomic mass is 16.4. The number of carboxylic acids is 3. The van der Waals surface area contributed by atoms with Gasteiger partial charge in [0.1, 0.15) is 18.1 Å². The maximum absolute atomic E-state index is 12.2. The summed E-state index contributed by atoms with van der Waals surface area (Å²) in [6.45, 7) is 0.805. The summed E-state index contributed by atoms with van der Waals surface area (Å²) in [5.74, 6) is -6.34. The molecule has 0 rings (SSSR count). The molecule has 0 aromatic rings. The van der Waals surface area contributed by atoms with Crippen LogP contribution in [0.3, 0.4) is 0 Å². The molecule has 28 heavy (non-hydrogen) atoms. The van der Waals surface area contributed by atoms with Crippen LogP contribution in [0.5, 0.6) is 0 Å². The fourth-order valence-electron chi connectivity index (χ4n) is 1.99. The van der Waals surface area contributed by atoms with Crippen LogP contribution in [0.1, 0.15) is 32.6 Å². The van der Waals surface area contributed by atoms with Crippen molar-refractivity contribution >= 4 is 35.6 Å². The quantitative estimate of drug-likeness (QED) is 0.167. The number of nitrogens with one attached hydrogen (secondary N) is 3. The van der Waals surface area contributed by atoms with Crippen LogP contribution < -0.4 is 21.7 Å². The summed E-state index contributed by atoms with van der Waals surface area (Å²) in [5, 5.41) is 32.9. The van der Waals surface area contributed by atoms with Crippen molar-refractivity contribution in [2.24, 2.45) is 5.73 Å². The number of carbonyl (C=O) groups excluding carboxylic acids is 3. The molecule has 8 N–H and O–H groups in total. The number of nitrogens with two attached hydrogens (primary N) is 1. The molecule has 3 unspecified atom stereocenters. The first-order valence-corrected chi connectivity index (χ1v) is 8.24. The Morgan fingerprint density at radius 3 is 1.71 bits per heavy atom. The van der Waals surface area contributed by atoms with Crippen molar-refractivity contribution in [2.45, 2.75) is 50.7 Å². The average molecular weight is 404 g/mol. The molecule has 3 atom stereocenters. The van der Waals surface area contributed by atoms with Gasteiger partial charge >= 0.3 is 17.9 Å². The van der Waals surface area contributed by atoms with Gasteiger partial charge in [0.25, 0.3) is 0 Å². The van der Waals surface area contributed by atoms with E-state index in [1.807, 2.05) is 0 Å². The number of rotatable bonds is 13. The van der Waals surface area contributed by atoms with Crippen molar-refractivity contribution in [3.8, 4) is 0 Å². The normalized spacial score (nSPS) is 13.5. The van der Waals surface area contributed by atoms with Gasteiger partial charge in [-0.2, -0.15) is 0 Å². The first-order valence-electron chi connectivity index (χ1n) is 8.24. The standard InChI is InChI=1S/C15H24N4O9/c1-7(13(25)19-9(15(27)28)3-5-12(23)24)17-14(26)8(2-4-11(21)22)18-10(20)6-16/h7-9H,2-6,16H2,1H3,(H,17,26)(H,18,20)(H,19,25)(H,21,22)(H,23,24)(H,27,28). The van der Waals surface area contributed by atoms with E-state index in [-0.39, 0.29) is 12.8 Å². The summed E-state index contributed by atoms with van der Waals surface area (Å²) < 4.78 is 0. The number of hydrogen-bond acceptors (Lipinski definition) is 7. The lowest BCUT2D eigenvalue weighted by Crippen LogP contribution is -2.55. The van der Waals surface area contributed by atoms with Crippen LogP contribution in [0.25, 0.3) is 0 Å². The van der Waals surface area contributed by atoms with Crippen LogP contribution in [-0.4, -0.2) is 75.6 Å². The second-order valence-electron chi connectivity index (χ2n) is 5.82. The molecule has 13 heteroatoms. The molecule has 0 bridgehead atoms. The average Bonchev–Trinajstić information content (AvgIpc) is 2.60. The van der Waals surface area contributed by atoms with E-state index in [4.69, 9.17) is 21.1 Å². The van der Waals surface area contributed by atoms with E-state index < -0.39 is 73.1 Å². The lowest BCUT2D eigenvalue weighted by Gasteiger charge is -2.22. The van der Waals surface area contributed by atoms with Crippen molar-refractivity contribution in [3.63, 3.8) is 0 Å². The molecule has 0 heterocycles. The molecular formula is C15H24N4O9. The number of hydrogen-bond donors (Lipinski definition) is 7. The second-order valence-corrected chi connectivity index (χ2v) is 5.82. The SMILES string of the molecule is CC(NC(=O)C(CCC(=O)O)NC(=O)CN)C(=O)NC(CCC(=O)O)C(=O)O. The van der Waals surface area contributed by atoms with Crippen molar-refractivity contribution in [2.75, 3.05) is 6.54 Å². The lowest BCUT2D eigenvalue weighted by atomic mass is 10.1. The van der Waals surface area contributed by atoms with Gasteiger partial charge in [-0.3, -0.25) is 24.0 Å². The van der Waals surface area contributed by atoms with E-state index in [1.165, 1.54) is 6.92 Å². The van der Waals surface area contributed by atoms with Crippen molar-refractivity contribution in [3.05, 3.63) is 0 Å². The third kappa shape index (κ3) is 10.1. The first-order chi connectivity index (χ1) is 13.0. The molecule has 158 valence electrons. The Balaban J connectivity index is 4.91. The zero-order valence-electron chi connectivity index (χ0n) is 15.1. The molecule has 3 amide bonds. The minimum atomic E-state index is -1.47. The highest BCUT2D eigenvalue weighted by Gasteiger charge is 2.27. The van der Waals surface area contributed by atoms with Crippen LogP contribution in [0.15, 0.2) is 0 Å². The van der Waals surface area contributed by atoms with Crippen LogP contribution in [0.2, 0.25) is 0 Å². The van der Waals surface area contributed by atoms with E-state index in [0.29, 0.717) is 0 Å².